The molecule has 4 rings (SSSR count). The molecule has 4 aromatic rings. The second-order valence-electron chi connectivity index (χ2n) is 7.30. The molecule has 0 radical (unpaired) electrons. The van der Waals surface area contributed by atoms with Gasteiger partial charge in [-0.3, -0.25) is 19.8 Å². The molecule has 0 spiro atoms. The standard InChI is InChI=1S/C24H18BrFN4O3/c1-14-4-2-6-18(10-14)27-22(31)21-12-15-11-16(25)8-9-20(15)30(21)29-24(33)23(32)28-19-7-3-5-17(26)13-19/h2-13H,1H3,(H,27,31)(H,28,32)(H,29,33). The van der Waals surface area contributed by atoms with Gasteiger partial charge >= 0.3 is 11.8 Å². The summed E-state index contributed by atoms with van der Waals surface area (Å²) < 4.78 is 15.4. The highest BCUT2D eigenvalue weighted by Gasteiger charge is 2.21. The summed E-state index contributed by atoms with van der Waals surface area (Å²) in [6.07, 6.45) is 0. The Hall–Kier alpha value is -3.98. The molecule has 0 aliphatic heterocycles. The lowest BCUT2D eigenvalue weighted by molar-refractivity contribution is -0.133. The second-order valence-corrected chi connectivity index (χ2v) is 8.21. The molecule has 166 valence electrons. The molecule has 0 saturated heterocycles. The van der Waals surface area contributed by atoms with Crippen LogP contribution in [-0.2, 0) is 9.59 Å². The maximum absolute atomic E-state index is 13.4. The molecule has 0 unspecified atom stereocenters. The van der Waals surface area contributed by atoms with Crippen molar-refractivity contribution in [1.29, 1.82) is 0 Å². The zero-order chi connectivity index (χ0) is 23.5. The van der Waals surface area contributed by atoms with Crippen molar-refractivity contribution in [2.75, 3.05) is 16.1 Å². The second kappa shape index (κ2) is 9.25. The quantitative estimate of drug-likeness (QED) is 0.345. The van der Waals surface area contributed by atoms with E-state index in [0.717, 1.165) is 16.1 Å². The summed E-state index contributed by atoms with van der Waals surface area (Å²) in [6.45, 7) is 1.90. The molecule has 1 aromatic heterocycles. The van der Waals surface area contributed by atoms with Gasteiger partial charge in [0.25, 0.3) is 5.91 Å². The van der Waals surface area contributed by atoms with Gasteiger partial charge in [0.1, 0.15) is 11.5 Å². The lowest BCUT2D eigenvalue weighted by Gasteiger charge is -2.13. The number of carbonyl (C=O) groups excluding carboxylic acids is 3. The number of aryl methyl sites for hydroxylation is 1. The number of anilines is 2. The van der Waals surface area contributed by atoms with Gasteiger partial charge in [0.2, 0.25) is 0 Å². The van der Waals surface area contributed by atoms with E-state index in [1.165, 1.54) is 22.9 Å². The van der Waals surface area contributed by atoms with E-state index in [9.17, 15) is 18.8 Å². The van der Waals surface area contributed by atoms with Crippen molar-refractivity contribution < 1.29 is 18.8 Å². The van der Waals surface area contributed by atoms with Gasteiger partial charge in [-0.05, 0) is 67.1 Å². The third-order valence-electron chi connectivity index (χ3n) is 4.77. The van der Waals surface area contributed by atoms with E-state index >= 15 is 0 Å². The first-order valence-electron chi connectivity index (χ1n) is 9.87. The van der Waals surface area contributed by atoms with Crippen LogP contribution in [0.3, 0.4) is 0 Å². The number of halogens is 2. The van der Waals surface area contributed by atoms with Crippen molar-refractivity contribution in [3.8, 4) is 0 Å². The Morgan fingerprint density at radius 2 is 1.58 bits per heavy atom. The molecular formula is C24H18BrFN4O3. The van der Waals surface area contributed by atoms with Crippen LogP contribution in [0.4, 0.5) is 15.8 Å². The Bertz CT molecular complexity index is 1400. The summed E-state index contributed by atoms with van der Waals surface area (Å²) in [5, 5.41) is 5.80. The molecule has 3 aromatic carbocycles. The number of nitrogens with zero attached hydrogens (tertiary/aromatic N) is 1. The number of nitrogens with one attached hydrogen (secondary N) is 3. The Balaban J connectivity index is 1.63. The SMILES string of the molecule is Cc1cccc(NC(=O)c2cc3cc(Br)ccc3n2NC(=O)C(=O)Nc2cccc(F)c2)c1. The Kier molecular flexibility index (Phi) is 6.23. The number of carbonyl (C=O) groups is 3. The van der Waals surface area contributed by atoms with E-state index in [0.29, 0.717) is 16.6 Å². The minimum atomic E-state index is -1.02. The summed E-state index contributed by atoms with van der Waals surface area (Å²) in [5.41, 5.74) is 4.79. The first-order valence-corrected chi connectivity index (χ1v) is 10.7. The van der Waals surface area contributed by atoms with Crippen LogP contribution in [0.15, 0.2) is 77.3 Å². The van der Waals surface area contributed by atoms with Gasteiger partial charge in [-0.15, -0.1) is 0 Å². The number of rotatable bonds is 4. The Morgan fingerprint density at radius 1 is 0.848 bits per heavy atom. The monoisotopic (exact) mass is 508 g/mol. The molecule has 0 aliphatic rings. The van der Waals surface area contributed by atoms with Gasteiger partial charge in [0, 0.05) is 21.2 Å². The first kappa shape index (κ1) is 22.2. The van der Waals surface area contributed by atoms with Crippen LogP contribution in [0.25, 0.3) is 10.9 Å². The highest BCUT2D eigenvalue weighted by atomic mass is 79.9. The van der Waals surface area contributed by atoms with Crippen LogP contribution in [-0.4, -0.2) is 22.4 Å². The largest absolute Gasteiger partial charge is 0.328 e. The fraction of sp³-hybridized carbons (Fsp3) is 0.0417. The summed E-state index contributed by atoms with van der Waals surface area (Å²) >= 11 is 3.39. The van der Waals surface area contributed by atoms with Crippen molar-refractivity contribution in [2.24, 2.45) is 0 Å². The number of benzene rings is 3. The van der Waals surface area contributed by atoms with Gasteiger partial charge < -0.3 is 10.6 Å². The molecule has 0 fully saturated rings. The number of hydrogen-bond acceptors (Lipinski definition) is 3. The third kappa shape index (κ3) is 5.09. The van der Waals surface area contributed by atoms with E-state index in [-0.39, 0.29) is 11.4 Å². The molecule has 0 bridgehead atoms. The maximum Gasteiger partial charge on any atom is 0.328 e. The van der Waals surface area contributed by atoms with Crippen LogP contribution in [0.2, 0.25) is 0 Å². The highest BCUT2D eigenvalue weighted by Crippen LogP contribution is 2.24. The molecule has 3 amide bonds. The van der Waals surface area contributed by atoms with Crippen LogP contribution in [0.1, 0.15) is 16.1 Å². The van der Waals surface area contributed by atoms with Crippen molar-refractivity contribution in [1.82, 2.24) is 4.68 Å². The average molecular weight is 509 g/mol. The van der Waals surface area contributed by atoms with E-state index in [1.54, 1.807) is 30.3 Å². The molecule has 1 heterocycles. The first-order chi connectivity index (χ1) is 15.8. The summed E-state index contributed by atoms with van der Waals surface area (Å²) in [7, 11) is 0. The van der Waals surface area contributed by atoms with Crippen molar-refractivity contribution in [3.05, 3.63) is 94.3 Å². The molecule has 0 aliphatic carbocycles. The van der Waals surface area contributed by atoms with E-state index in [1.807, 2.05) is 25.1 Å². The average Bonchev–Trinajstić information content (AvgIpc) is 3.11. The maximum atomic E-state index is 13.4. The van der Waals surface area contributed by atoms with Crippen LogP contribution in [0.5, 0.6) is 0 Å². The topological polar surface area (TPSA) is 92.2 Å². The molecule has 9 heteroatoms. The van der Waals surface area contributed by atoms with Crippen LogP contribution < -0.4 is 16.1 Å². The fourth-order valence-corrected chi connectivity index (χ4v) is 3.68. The molecule has 33 heavy (non-hydrogen) atoms. The van der Waals surface area contributed by atoms with Crippen molar-refractivity contribution >= 4 is 55.9 Å². The van der Waals surface area contributed by atoms with Crippen LogP contribution >= 0.6 is 15.9 Å². The number of amides is 3. The minimum Gasteiger partial charge on any atom is -0.321 e. The lowest BCUT2D eigenvalue weighted by atomic mass is 10.2. The zero-order valence-corrected chi connectivity index (χ0v) is 18.9. The summed E-state index contributed by atoms with van der Waals surface area (Å²) in [5.74, 6) is -3.06. The van der Waals surface area contributed by atoms with Gasteiger partial charge in [-0.1, -0.05) is 34.1 Å². The Labute approximate surface area is 196 Å². The summed E-state index contributed by atoms with van der Waals surface area (Å²) in [4.78, 5) is 38.0. The molecule has 0 saturated carbocycles. The summed E-state index contributed by atoms with van der Waals surface area (Å²) in [6, 6.07) is 19.3. The molecule has 0 atom stereocenters. The van der Waals surface area contributed by atoms with Gasteiger partial charge in [-0.25, -0.2) is 9.07 Å². The normalized spacial score (nSPS) is 10.6. The predicted octanol–water partition coefficient (Wildman–Crippen LogP) is 4.81. The van der Waals surface area contributed by atoms with Crippen molar-refractivity contribution in [2.45, 2.75) is 6.92 Å². The van der Waals surface area contributed by atoms with Crippen LogP contribution in [0, 0.1) is 12.7 Å². The van der Waals surface area contributed by atoms with Gasteiger partial charge in [0.05, 0.1) is 5.52 Å². The molecular weight excluding hydrogens is 491 g/mol. The highest BCUT2D eigenvalue weighted by molar-refractivity contribution is 9.10. The Morgan fingerprint density at radius 3 is 2.30 bits per heavy atom. The third-order valence-corrected chi connectivity index (χ3v) is 5.27. The molecule has 7 nitrogen and oxygen atoms in total. The fourth-order valence-electron chi connectivity index (χ4n) is 3.30. The predicted molar refractivity (Wildman–Crippen MR) is 128 cm³/mol. The van der Waals surface area contributed by atoms with Gasteiger partial charge in [-0.2, -0.15) is 0 Å². The van der Waals surface area contributed by atoms with E-state index in [2.05, 4.69) is 32.0 Å². The van der Waals surface area contributed by atoms with E-state index < -0.39 is 23.5 Å². The van der Waals surface area contributed by atoms with Gasteiger partial charge in [0.15, 0.2) is 0 Å². The smallest absolute Gasteiger partial charge is 0.321 e. The van der Waals surface area contributed by atoms with Crippen molar-refractivity contribution in [3.63, 3.8) is 0 Å². The number of aromatic nitrogens is 1. The lowest BCUT2D eigenvalue weighted by Crippen LogP contribution is -2.36. The number of hydrogen-bond donors (Lipinski definition) is 3. The zero-order valence-electron chi connectivity index (χ0n) is 17.4. The minimum absolute atomic E-state index is 0.122. The molecule has 3 N–H and O–H groups in total. The number of fused-ring (bicyclic) bond motifs is 1. The van der Waals surface area contributed by atoms with E-state index in [4.69, 9.17) is 0 Å².